The first kappa shape index (κ1) is 23.4. The Labute approximate surface area is 162 Å². The van der Waals surface area contributed by atoms with E-state index in [4.69, 9.17) is 5.11 Å². The number of aliphatic hydroxyl groups is 1. The van der Waals surface area contributed by atoms with Crippen molar-refractivity contribution in [2.45, 2.75) is 124 Å². The molecule has 2 nitrogen and oxygen atoms in total. The summed E-state index contributed by atoms with van der Waals surface area (Å²) in [5.74, 6) is 0.382. The smallest absolute Gasteiger partial charge is 0.164 e. The van der Waals surface area contributed by atoms with Crippen molar-refractivity contribution in [1.29, 1.82) is 0 Å². The molecule has 0 atom stereocenters. The number of carbonyl (C=O) groups excluding carboxylic acids is 1. The van der Waals surface area contributed by atoms with Crippen LogP contribution >= 0.6 is 0 Å². The van der Waals surface area contributed by atoms with E-state index in [-0.39, 0.29) is 5.41 Å². The Hall–Kier alpha value is -0.630. The largest absolute Gasteiger partial charge is 0.396 e. The first-order valence-electron chi connectivity index (χ1n) is 11.3. The Bertz CT molecular complexity index is 420. The molecule has 0 saturated carbocycles. The lowest BCUT2D eigenvalue weighted by atomic mass is 9.73. The Balaban J connectivity index is 1.92. The van der Waals surface area contributed by atoms with Gasteiger partial charge in [-0.1, -0.05) is 90.0 Å². The molecule has 0 fully saturated rings. The Morgan fingerprint density at radius 1 is 0.769 bits per heavy atom. The lowest BCUT2D eigenvalue weighted by Crippen LogP contribution is -2.29. The van der Waals surface area contributed by atoms with Crippen molar-refractivity contribution >= 4 is 5.78 Å². The lowest BCUT2D eigenvalue weighted by molar-refractivity contribution is -0.124. The molecule has 152 valence electrons. The van der Waals surface area contributed by atoms with Crippen molar-refractivity contribution in [3.8, 4) is 0 Å². The molecule has 0 amide bonds. The second kappa shape index (κ2) is 13.5. The minimum atomic E-state index is -0.132. The van der Waals surface area contributed by atoms with Gasteiger partial charge in [0, 0.05) is 12.0 Å². The topological polar surface area (TPSA) is 37.3 Å². The number of unbranched alkanes of at least 4 members (excludes halogenated alkanes) is 12. The van der Waals surface area contributed by atoms with Crippen LogP contribution in [0.25, 0.3) is 0 Å². The van der Waals surface area contributed by atoms with Crippen LogP contribution in [0.3, 0.4) is 0 Å². The first-order valence-corrected chi connectivity index (χ1v) is 11.3. The fourth-order valence-electron chi connectivity index (χ4n) is 4.14. The van der Waals surface area contributed by atoms with E-state index in [0.717, 1.165) is 31.3 Å². The lowest BCUT2D eigenvalue weighted by Gasteiger charge is -2.30. The third-order valence-corrected chi connectivity index (χ3v) is 6.17. The molecule has 1 rings (SSSR count). The maximum Gasteiger partial charge on any atom is 0.164 e. The summed E-state index contributed by atoms with van der Waals surface area (Å²) < 4.78 is 0. The van der Waals surface area contributed by atoms with E-state index in [1.54, 1.807) is 0 Å². The van der Waals surface area contributed by atoms with Crippen molar-refractivity contribution in [3.63, 3.8) is 0 Å². The first-order chi connectivity index (χ1) is 12.5. The molecule has 0 heterocycles. The zero-order chi connectivity index (χ0) is 19.3. The standard InChI is InChI=1S/C24H44O2/c1-21-22(18-19-24(2,3)23(21)26)17-15-13-11-9-7-5-4-6-8-10-12-14-16-20-25/h25H,4-20H2,1-3H3. The highest BCUT2D eigenvalue weighted by molar-refractivity contribution is 6.00. The molecule has 0 saturated heterocycles. The summed E-state index contributed by atoms with van der Waals surface area (Å²) >= 11 is 0. The van der Waals surface area contributed by atoms with Crippen LogP contribution in [-0.2, 0) is 4.79 Å². The second-order valence-corrected chi connectivity index (χ2v) is 9.01. The van der Waals surface area contributed by atoms with Gasteiger partial charge in [-0.2, -0.15) is 0 Å². The Morgan fingerprint density at radius 3 is 1.65 bits per heavy atom. The number of hydrogen-bond donors (Lipinski definition) is 1. The van der Waals surface area contributed by atoms with Gasteiger partial charge in [0.25, 0.3) is 0 Å². The summed E-state index contributed by atoms with van der Waals surface area (Å²) in [5.41, 5.74) is 2.37. The Morgan fingerprint density at radius 2 is 1.19 bits per heavy atom. The maximum absolute atomic E-state index is 12.3. The molecule has 0 unspecified atom stereocenters. The molecule has 0 aromatic rings. The van der Waals surface area contributed by atoms with Gasteiger partial charge in [0.1, 0.15) is 0 Å². The van der Waals surface area contributed by atoms with Gasteiger partial charge in [-0.05, 0) is 44.6 Å². The molecule has 2 heteroatoms. The van der Waals surface area contributed by atoms with Crippen LogP contribution in [0.15, 0.2) is 11.1 Å². The zero-order valence-electron chi connectivity index (χ0n) is 17.9. The van der Waals surface area contributed by atoms with E-state index in [9.17, 15) is 4.79 Å². The molecule has 1 aliphatic carbocycles. The average Bonchev–Trinajstić information content (AvgIpc) is 2.62. The van der Waals surface area contributed by atoms with Gasteiger partial charge in [-0.3, -0.25) is 4.79 Å². The molecule has 0 spiro atoms. The van der Waals surface area contributed by atoms with Crippen LogP contribution in [0.2, 0.25) is 0 Å². The SMILES string of the molecule is CC1=C(CCCCCCCCCCCCCCCO)CCC(C)(C)C1=O. The monoisotopic (exact) mass is 364 g/mol. The van der Waals surface area contributed by atoms with Crippen molar-refractivity contribution < 1.29 is 9.90 Å². The van der Waals surface area contributed by atoms with E-state index < -0.39 is 0 Å². The van der Waals surface area contributed by atoms with Gasteiger partial charge in [-0.25, -0.2) is 0 Å². The third kappa shape index (κ3) is 9.35. The van der Waals surface area contributed by atoms with Crippen molar-refractivity contribution in [3.05, 3.63) is 11.1 Å². The molecule has 0 aromatic carbocycles. The fourth-order valence-corrected chi connectivity index (χ4v) is 4.14. The molecule has 0 bridgehead atoms. The molecular weight excluding hydrogens is 320 g/mol. The van der Waals surface area contributed by atoms with Gasteiger partial charge >= 0.3 is 0 Å². The van der Waals surface area contributed by atoms with E-state index >= 15 is 0 Å². The van der Waals surface area contributed by atoms with E-state index in [1.807, 2.05) is 6.92 Å². The number of ketones is 1. The van der Waals surface area contributed by atoms with Gasteiger partial charge in [0.2, 0.25) is 0 Å². The van der Waals surface area contributed by atoms with Crippen LogP contribution < -0.4 is 0 Å². The number of Topliss-reactive ketones (excluding diaryl/α,β-unsaturated/α-hetero) is 1. The fraction of sp³-hybridized carbons (Fsp3) is 0.875. The molecule has 0 aromatic heterocycles. The Kier molecular flexibility index (Phi) is 12.2. The van der Waals surface area contributed by atoms with Gasteiger partial charge < -0.3 is 5.11 Å². The van der Waals surface area contributed by atoms with Crippen LogP contribution in [0.4, 0.5) is 0 Å². The predicted octanol–water partition coefficient (Wildman–Crippen LogP) is 7.15. The van der Waals surface area contributed by atoms with Crippen LogP contribution in [0.5, 0.6) is 0 Å². The molecule has 1 N–H and O–H groups in total. The van der Waals surface area contributed by atoms with Crippen molar-refractivity contribution in [2.24, 2.45) is 5.41 Å². The van der Waals surface area contributed by atoms with E-state index in [2.05, 4.69) is 13.8 Å². The molecule has 0 radical (unpaired) electrons. The predicted molar refractivity (Wildman–Crippen MR) is 112 cm³/mol. The maximum atomic E-state index is 12.3. The van der Waals surface area contributed by atoms with Gasteiger partial charge in [-0.15, -0.1) is 0 Å². The number of allylic oxidation sites excluding steroid dienone is 2. The highest BCUT2D eigenvalue weighted by atomic mass is 16.2. The van der Waals surface area contributed by atoms with Crippen molar-refractivity contribution in [1.82, 2.24) is 0 Å². The normalized spacial score (nSPS) is 17.2. The van der Waals surface area contributed by atoms with E-state index in [0.29, 0.717) is 12.4 Å². The molecule has 0 aliphatic heterocycles. The van der Waals surface area contributed by atoms with Crippen LogP contribution in [0.1, 0.15) is 124 Å². The summed E-state index contributed by atoms with van der Waals surface area (Å²) in [6, 6.07) is 0. The van der Waals surface area contributed by atoms with Gasteiger partial charge in [0.05, 0.1) is 0 Å². The average molecular weight is 365 g/mol. The summed E-state index contributed by atoms with van der Waals surface area (Å²) in [5, 5.41) is 8.73. The summed E-state index contributed by atoms with van der Waals surface area (Å²) in [6.45, 7) is 6.58. The number of rotatable bonds is 15. The quantitative estimate of drug-likeness (QED) is 0.313. The molecular formula is C24H44O2. The highest BCUT2D eigenvalue weighted by Crippen LogP contribution is 2.37. The summed E-state index contributed by atoms with van der Waals surface area (Å²) in [6.07, 6.45) is 20.3. The second-order valence-electron chi connectivity index (χ2n) is 9.01. The zero-order valence-corrected chi connectivity index (χ0v) is 17.9. The number of hydrogen-bond acceptors (Lipinski definition) is 2. The molecule has 26 heavy (non-hydrogen) atoms. The van der Waals surface area contributed by atoms with Crippen LogP contribution in [0, 0.1) is 5.41 Å². The third-order valence-electron chi connectivity index (χ3n) is 6.17. The van der Waals surface area contributed by atoms with Crippen molar-refractivity contribution in [2.75, 3.05) is 6.61 Å². The highest BCUT2D eigenvalue weighted by Gasteiger charge is 2.33. The number of carbonyl (C=O) groups is 1. The minimum Gasteiger partial charge on any atom is -0.396 e. The summed E-state index contributed by atoms with van der Waals surface area (Å²) in [4.78, 5) is 12.3. The molecule has 1 aliphatic rings. The summed E-state index contributed by atoms with van der Waals surface area (Å²) in [7, 11) is 0. The van der Waals surface area contributed by atoms with E-state index in [1.165, 1.54) is 82.6 Å². The minimum absolute atomic E-state index is 0.132. The van der Waals surface area contributed by atoms with Crippen LogP contribution in [-0.4, -0.2) is 17.5 Å². The number of aliphatic hydroxyl groups excluding tert-OH is 1. The van der Waals surface area contributed by atoms with Gasteiger partial charge in [0.15, 0.2) is 5.78 Å².